The van der Waals surface area contributed by atoms with Crippen LogP contribution in [0.25, 0.3) is 0 Å². The molecule has 3 aromatic rings. The normalized spacial score (nSPS) is 11.5. The smallest absolute Gasteiger partial charge is 0.375 e. The topological polar surface area (TPSA) is 77.8 Å². The zero-order valence-electron chi connectivity index (χ0n) is 15.0. The standard InChI is InChI=1S/C21H19NO5/c1-14-10-11-17(25-2)16(13-14)22-20(23)19(15-7-4-3-5-8-15)27-21(24)18-9-6-12-26-18/h3-13,19H,1-2H3,(H,22,23)/t19-/m1/s1. The molecule has 6 nitrogen and oxygen atoms in total. The molecule has 0 aliphatic heterocycles. The number of methoxy groups -OCH3 is 1. The predicted octanol–water partition coefficient (Wildman–Crippen LogP) is 4.13. The lowest BCUT2D eigenvalue weighted by molar-refractivity contribution is -0.125. The number of aryl methyl sites for hydroxylation is 1. The Morgan fingerprint density at radius 1 is 1.04 bits per heavy atom. The van der Waals surface area contributed by atoms with E-state index in [-0.39, 0.29) is 5.76 Å². The third-order valence-electron chi connectivity index (χ3n) is 3.90. The maximum Gasteiger partial charge on any atom is 0.375 e. The van der Waals surface area contributed by atoms with Gasteiger partial charge in [0.15, 0.2) is 0 Å². The number of anilines is 1. The number of rotatable bonds is 6. The van der Waals surface area contributed by atoms with Crippen LogP contribution in [0.15, 0.2) is 71.3 Å². The lowest BCUT2D eigenvalue weighted by Gasteiger charge is -2.18. The van der Waals surface area contributed by atoms with E-state index < -0.39 is 18.0 Å². The van der Waals surface area contributed by atoms with Crippen molar-refractivity contribution in [1.82, 2.24) is 0 Å². The molecule has 1 atom stereocenters. The Balaban J connectivity index is 1.87. The first-order chi connectivity index (χ1) is 13.1. The molecule has 1 heterocycles. The zero-order valence-corrected chi connectivity index (χ0v) is 15.0. The van der Waals surface area contributed by atoms with Crippen LogP contribution in [0.5, 0.6) is 5.75 Å². The first-order valence-electron chi connectivity index (χ1n) is 8.33. The molecular weight excluding hydrogens is 346 g/mol. The molecule has 1 amide bonds. The summed E-state index contributed by atoms with van der Waals surface area (Å²) in [6.45, 7) is 1.90. The monoisotopic (exact) mass is 365 g/mol. The number of hydrogen-bond donors (Lipinski definition) is 1. The van der Waals surface area contributed by atoms with Gasteiger partial charge in [0.05, 0.1) is 19.1 Å². The molecule has 0 unspecified atom stereocenters. The molecule has 0 aliphatic carbocycles. The van der Waals surface area contributed by atoms with E-state index in [1.54, 1.807) is 42.5 Å². The van der Waals surface area contributed by atoms with Crippen LogP contribution >= 0.6 is 0 Å². The number of furan rings is 1. The van der Waals surface area contributed by atoms with Crippen molar-refractivity contribution < 1.29 is 23.5 Å². The summed E-state index contributed by atoms with van der Waals surface area (Å²) in [4.78, 5) is 25.2. The van der Waals surface area contributed by atoms with Gasteiger partial charge in [-0.15, -0.1) is 0 Å². The molecule has 3 rings (SSSR count). The SMILES string of the molecule is COc1ccc(C)cc1NC(=O)[C@H](OC(=O)c1ccco1)c1ccccc1. The zero-order chi connectivity index (χ0) is 19.2. The van der Waals surface area contributed by atoms with Gasteiger partial charge < -0.3 is 19.2 Å². The van der Waals surface area contributed by atoms with Crippen molar-refractivity contribution >= 4 is 17.6 Å². The van der Waals surface area contributed by atoms with Gasteiger partial charge in [0.2, 0.25) is 11.9 Å². The molecule has 27 heavy (non-hydrogen) atoms. The second-order valence-electron chi connectivity index (χ2n) is 5.87. The first kappa shape index (κ1) is 18.3. The van der Waals surface area contributed by atoms with Crippen molar-refractivity contribution in [2.45, 2.75) is 13.0 Å². The van der Waals surface area contributed by atoms with E-state index in [9.17, 15) is 9.59 Å². The fraction of sp³-hybridized carbons (Fsp3) is 0.143. The van der Waals surface area contributed by atoms with Crippen molar-refractivity contribution in [2.24, 2.45) is 0 Å². The molecule has 138 valence electrons. The molecule has 0 bridgehead atoms. The highest BCUT2D eigenvalue weighted by Gasteiger charge is 2.27. The number of esters is 1. The van der Waals surface area contributed by atoms with Crippen LogP contribution in [-0.4, -0.2) is 19.0 Å². The highest BCUT2D eigenvalue weighted by molar-refractivity contribution is 5.98. The summed E-state index contributed by atoms with van der Waals surface area (Å²) in [6, 6.07) is 17.3. The van der Waals surface area contributed by atoms with Crippen molar-refractivity contribution in [3.05, 3.63) is 83.8 Å². The molecule has 0 spiro atoms. The molecule has 1 N–H and O–H groups in total. The van der Waals surface area contributed by atoms with Gasteiger partial charge in [0, 0.05) is 5.56 Å². The fourth-order valence-electron chi connectivity index (χ4n) is 2.58. The second-order valence-corrected chi connectivity index (χ2v) is 5.87. The van der Waals surface area contributed by atoms with Crippen LogP contribution in [-0.2, 0) is 9.53 Å². The first-order valence-corrected chi connectivity index (χ1v) is 8.33. The Bertz CT molecular complexity index is 919. The second kappa shape index (κ2) is 8.23. The van der Waals surface area contributed by atoms with E-state index in [0.29, 0.717) is 17.0 Å². The molecule has 2 aromatic carbocycles. The number of nitrogens with one attached hydrogen (secondary N) is 1. The summed E-state index contributed by atoms with van der Waals surface area (Å²) in [7, 11) is 1.52. The summed E-state index contributed by atoms with van der Waals surface area (Å²) in [6.07, 6.45) is 0.222. The van der Waals surface area contributed by atoms with Gasteiger partial charge >= 0.3 is 5.97 Å². The van der Waals surface area contributed by atoms with Gasteiger partial charge in [0.1, 0.15) is 5.75 Å². The van der Waals surface area contributed by atoms with Crippen LogP contribution < -0.4 is 10.1 Å². The van der Waals surface area contributed by atoms with E-state index in [4.69, 9.17) is 13.9 Å². The average Bonchev–Trinajstić information content (AvgIpc) is 3.21. The van der Waals surface area contributed by atoms with E-state index in [0.717, 1.165) is 5.56 Å². The summed E-state index contributed by atoms with van der Waals surface area (Å²) in [5.41, 5.74) is 1.99. The Labute approximate surface area is 156 Å². The van der Waals surface area contributed by atoms with Crippen LogP contribution in [0.3, 0.4) is 0 Å². The average molecular weight is 365 g/mol. The van der Waals surface area contributed by atoms with Crippen LogP contribution in [0, 0.1) is 6.92 Å². The minimum absolute atomic E-state index is 0.0249. The predicted molar refractivity (Wildman–Crippen MR) is 99.7 cm³/mol. The molecule has 0 saturated heterocycles. The van der Waals surface area contributed by atoms with Gasteiger partial charge in [0.25, 0.3) is 5.91 Å². The van der Waals surface area contributed by atoms with E-state index in [2.05, 4.69) is 5.32 Å². The minimum atomic E-state index is -1.14. The van der Waals surface area contributed by atoms with Gasteiger partial charge in [-0.05, 0) is 36.8 Å². The van der Waals surface area contributed by atoms with Crippen molar-refractivity contribution in [1.29, 1.82) is 0 Å². The van der Waals surface area contributed by atoms with Gasteiger partial charge in [-0.3, -0.25) is 4.79 Å². The Morgan fingerprint density at radius 3 is 2.48 bits per heavy atom. The molecule has 0 aliphatic rings. The Hall–Kier alpha value is -3.54. The number of benzene rings is 2. The van der Waals surface area contributed by atoms with E-state index >= 15 is 0 Å². The Morgan fingerprint density at radius 2 is 1.81 bits per heavy atom. The third kappa shape index (κ3) is 4.36. The number of amides is 1. The van der Waals surface area contributed by atoms with Gasteiger partial charge in [-0.1, -0.05) is 36.4 Å². The minimum Gasteiger partial charge on any atom is -0.495 e. The maximum absolute atomic E-state index is 12.9. The molecule has 1 aromatic heterocycles. The molecule has 6 heteroatoms. The molecule has 0 fully saturated rings. The highest BCUT2D eigenvalue weighted by Crippen LogP contribution is 2.28. The number of carbonyl (C=O) groups excluding carboxylic acids is 2. The Kier molecular flexibility index (Phi) is 5.56. The third-order valence-corrected chi connectivity index (χ3v) is 3.90. The van der Waals surface area contributed by atoms with E-state index in [1.165, 1.54) is 19.4 Å². The number of carbonyl (C=O) groups is 2. The van der Waals surface area contributed by atoms with Crippen molar-refractivity contribution in [2.75, 3.05) is 12.4 Å². The summed E-state index contributed by atoms with van der Waals surface area (Å²) >= 11 is 0. The van der Waals surface area contributed by atoms with Crippen molar-refractivity contribution in [3.8, 4) is 5.75 Å². The van der Waals surface area contributed by atoms with Crippen molar-refractivity contribution in [3.63, 3.8) is 0 Å². The largest absolute Gasteiger partial charge is 0.495 e. The highest BCUT2D eigenvalue weighted by atomic mass is 16.6. The number of ether oxygens (including phenoxy) is 2. The summed E-state index contributed by atoms with van der Waals surface area (Å²) in [5.74, 6) is -0.680. The van der Waals surface area contributed by atoms with Gasteiger partial charge in [-0.2, -0.15) is 0 Å². The van der Waals surface area contributed by atoms with Crippen LogP contribution in [0.1, 0.15) is 27.8 Å². The van der Waals surface area contributed by atoms with E-state index in [1.807, 2.05) is 19.1 Å². The van der Waals surface area contributed by atoms with Crippen LogP contribution in [0.4, 0.5) is 5.69 Å². The quantitative estimate of drug-likeness (QED) is 0.665. The number of hydrogen-bond acceptors (Lipinski definition) is 5. The summed E-state index contributed by atoms with van der Waals surface area (Å²) in [5, 5.41) is 2.78. The van der Waals surface area contributed by atoms with Gasteiger partial charge in [-0.25, -0.2) is 4.79 Å². The lowest BCUT2D eigenvalue weighted by atomic mass is 10.1. The maximum atomic E-state index is 12.9. The fourth-order valence-corrected chi connectivity index (χ4v) is 2.58. The molecule has 0 radical (unpaired) electrons. The summed E-state index contributed by atoms with van der Waals surface area (Å²) < 4.78 is 15.8. The molecule has 0 saturated carbocycles. The lowest BCUT2D eigenvalue weighted by Crippen LogP contribution is -2.26. The molecular formula is C21H19NO5. The van der Waals surface area contributed by atoms with Crippen LogP contribution in [0.2, 0.25) is 0 Å².